The quantitative estimate of drug-likeness (QED) is 0.495. The first-order valence-corrected chi connectivity index (χ1v) is 5.12. The molecule has 2 aromatic rings. The van der Waals surface area contributed by atoms with Crippen molar-refractivity contribution in [2.24, 2.45) is 12.9 Å². The Morgan fingerprint density at radius 3 is 2.56 bits per heavy atom. The molecule has 0 saturated heterocycles. The molecular weight excluding hydrogens is 245 g/mol. The van der Waals surface area contributed by atoms with Crippen LogP contribution in [0.2, 0.25) is 0 Å². The van der Waals surface area contributed by atoms with Gasteiger partial charge in [-0.05, 0) is 6.07 Å². The zero-order valence-corrected chi connectivity index (χ0v) is 9.49. The van der Waals surface area contributed by atoms with E-state index in [1.807, 2.05) is 0 Å². The van der Waals surface area contributed by atoms with Crippen LogP contribution in [0.3, 0.4) is 0 Å². The van der Waals surface area contributed by atoms with Crippen molar-refractivity contribution in [1.82, 2.24) is 15.0 Å². The molecule has 0 radical (unpaired) electrons. The lowest BCUT2D eigenvalue weighted by Gasteiger charge is -2.15. The second kappa shape index (κ2) is 4.79. The molecule has 3 N–H and O–H groups in total. The van der Waals surface area contributed by atoms with Gasteiger partial charge in [0.05, 0.1) is 18.1 Å². The van der Waals surface area contributed by atoms with Gasteiger partial charge in [0, 0.05) is 18.8 Å². The van der Waals surface area contributed by atoms with E-state index in [9.17, 15) is 13.2 Å². The predicted molar refractivity (Wildman–Crippen MR) is 58.7 cm³/mol. The van der Waals surface area contributed by atoms with E-state index in [2.05, 4.69) is 10.4 Å². The smallest absolute Gasteiger partial charge is 0.194 e. The van der Waals surface area contributed by atoms with Gasteiger partial charge in [0.15, 0.2) is 17.5 Å². The second-order valence-corrected chi connectivity index (χ2v) is 3.83. The van der Waals surface area contributed by atoms with Crippen LogP contribution < -0.4 is 11.3 Å². The average molecular weight is 256 g/mol. The molecule has 0 spiro atoms. The molecule has 0 bridgehead atoms. The molecule has 1 aromatic carbocycles. The topological polar surface area (TPSA) is 55.9 Å². The van der Waals surface area contributed by atoms with Crippen LogP contribution in [-0.4, -0.2) is 9.55 Å². The average Bonchev–Trinajstić information content (AvgIpc) is 2.77. The third-order valence-corrected chi connectivity index (χ3v) is 2.56. The highest BCUT2D eigenvalue weighted by Crippen LogP contribution is 2.25. The Labute approximate surface area is 101 Å². The lowest BCUT2D eigenvalue weighted by atomic mass is 10.0. The number of rotatable bonds is 3. The van der Waals surface area contributed by atoms with Crippen LogP contribution >= 0.6 is 0 Å². The summed E-state index contributed by atoms with van der Waals surface area (Å²) < 4.78 is 41.3. The molecule has 0 aliphatic heterocycles. The zero-order chi connectivity index (χ0) is 13.3. The minimum atomic E-state index is -1.52. The van der Waals surface area contributed by atoms with Crippen molar-refractivity contribution in [3.8, 4) is 0 Å². The Hall–Kier alpha value is -1.86. The van der Waals surface area contributed by atoms with E-state index < -0.39 is 23.5 Å². The Morgan fingerprint density at radius 2 is 2.00 bits per heavy atom. The number of hydrogen-bond donors (Lipinski definition) is 2. The summed E-state index contributed by atoms with van der Waals surface area (Å²) in [5, 5.41) is 0. The van der Waals surface area contributed by atoms with E-state index >= 15 is 0 Å². The van der Waals surface area contributed by atoms with Gasteiger partial charge in [-0.3, -0.25) is 5.84 Å². The predicted octanol–water partition coefficient (Wildman–Crippen LogP) is 1.39. The lowest BCUT2D eigenvalue weighted by molar-refractivity contribution is 0.432. The number of aryl methyl sites for hydroxylation is 1. The number of imidazole rings is 1. The number of nitrogens with two attached hydrogens (primary N) is 1. The van der Waals surface area contributed by atoms with E-state index in [4.69, 9.17) is 5.84 Å². The largest absolute Gasteiger partial charge is 0.340 e. The highest BCUT2D eigenvalue weighted by Gasteiger charge is 2.22. The normalized spacial score (nSPS) is 12.7. The first-order valence-electron chi connectivity index (χ1n) is 5.12. The van der Waals surface area contributed by atoms with Crippen molar-refractivity contribution in [3.05, 3.63) is 53.4 Å². The third kappa shape index (κ3) is 2.09. The first-order chi connectivity index (χ1) is 8.54. The molecule has 7 heteroatoms. The summed E-state index contributed by atoms with van der Waals surface area (Å²) in [5.74, 6) is 1.28. The van der Waals surface area contributed by atoms with Crippen LogP contribution in [0.15, 0.2) is 24.7 Å². The summed E-state index contributed by atoms with van der Waals surface area (Å²) in [6.07, 6.45) is 3.10. The molecule has 1 unspecified atom stereocenters. The number of hydrazine groups is 1. The number of hydrogen-bond acceptors (Lipinski definition) is 3. The summed E-state index contributed by atoms with van der Waals surface area (Å²) in [6, 6.07) is 1.13. The number of aromatic nitrogens is 2. The van der Waals surface area contributed by atoms with Crippen LogP contribution in [0.25, 0.3) is 0 Å². The van der Waals surface area contributed by atoms with E-state index in [0.29, 0.717) is 5.69 Å². The molecule has 0 fully saturated rings. The molecule has 1 aromatic heterocycles. The summed E-state index contributed by atoms with van der Waals surface area (Å²) >= 11 is 0. The van der Waals surface area contributed by atoms with Crippen molar-refractivity contribution in [1.29, 1.82) is 0 Å². The lowest BCUT2D eigenvalue weighted by Crippen LogP contribution is -2.30. The summed E-state index contributed by atoms with van der Waals surface area (Å²) in [6.45, 7) is 0. The summed E-state index contributed by atoms with van der Waals surface area (Å²) in [4.78, 5) is 3.99. The minimum absolute atomic E-state index is 0.102. The molecule has 0 saturated carbocycles. The van der Waals surface area contributed by atoms with Gasteiger partial charge in [0.25, 0.3) is 0 Å². The fourth-order valence-electron chi connectivity index (χ4n) is 1.68. The molecule has 18 heavy (non-hydrogen) atoms. The van der Waals surface area contributed by atoms with E-state index in [1.54, 1.807) is 17.8 Å². The van der Waals surface area contributed by atoms with Crippen LogP contribution in [0.5, 0.6) is 0 Å². The Balaban J connectivity index is 2.49. The molecule has 4 nitrogen and oxygen atoms in total. The van der Waals surface area contributed by atoms with Crippen LogP contribution in [0.4, 0.5) is 13.2 Å². The van der Waals surface area contributed by atoms with E-state index in [0.717, 1.165) is 12.1 Å². The maximum Gasteiger partial charge on any atom is 0.194 e. The number of halogens is 3. The summed E-state index contributed by atoms with van der Waals surface area (Å²) in [5.41, 5.74) is 2.64. The molecule has 0 aliphatic rings. The van der Waals surface area contributed by atoms with Gasteiger partial charge in [-0.1, -0.05) is 6.07 Å². The maximum absolute atomic E-state index is 13.6. The third-order valence-electron chi connectivity index (χ3n) is 2.56. The Bertz CT molecular complexity index is 567. The zero-order valence-electron chi connectivity index (χ0n) is 9.49. The van der Waals surface area contributed by atoms with Crippen molar-refractivity contribution in [2.45, 2.75) is 6.04 Å². The molecule has 1 heterocycles. The van der Waals surface area contributed by atoms with Crippen molar-refractivity contribution in [3.63, 3.8) is 0 Å². The van der Waals surface area contributed by atoms with Crippen LogP contribution in [0, 0.1) is 17.5 Å². The molecule has 0 aliphatic carbocycles. The molecular formula is C11H11F3N4. The highest BCUT2D eigenvalue weighted by molar-refractivity contribution is 5.29. The van der Waals surface area contributed by atoms with Gasteiger partial charge in [-0.2, -0.15) is 0 Å². The van der Waals surface area contributed by atoms with E-state index in [1.165, 1.54) is 6.33 Å². The number of benzene rings is 1. The van der Waals surface area contributed by atoms with Crippen LogP contribution in [0.1, 0.15) is 17.3 Å². The first kappa shape index (κ1) is 12.6. The van der Waals surface area contributed by atoms with Gasteiger partial charge < -0.3 is 4.57 Å². The van der Waals surface area contributed by atoms with Gasteiger partial charge in [0.2, 0.25) is 0 Å². The molecule has 2 rings (SSSR count). The molecule has 96 valence electrons. The fraction of sp³-hybridized carbons (Fsp3) is 0.182. The van der Waals surface area contributed by atoms with Gasteiger partial charge in [-0.25, -0.2) is 23.6 Å². The molecule has 1 atom stereocenters. The Kier molecular flexibility index (Phi) is 3.35. The SMILES string of the molecule is Cn1cnc(C(NN)c2ccc(F)c(F)c2F)c1. The maximum atomic E-state index is 13.6. The number of nitrogens with zero attached hydrogens (tertiary/aromatic N) is 2. The van der Waals surface area contributed by atoms with Gasteiger partial charge >= 0.3 is 0 Å². The van der Waals surface area contributed by atoms with Gasteiger partial charge in [-0.15, -0.1) is 0 Å². The van der Waals surface area contributed by atoms with Crippen molar-refractivity contribution in [2.75, 3.05) is 0 Å². The molecule has 0 amide bonds. The second-order valence-electron chi connectivity index (χ2n) is 3.83. The van der Waals surface area contributed by atoms with Crippen molar-refractivity contribution >= 4 is 0 Å². The standard InChI is InChI=1S/C11H11F3N4/c1-18-4-8(16-5-18)11(17-15)6-2-3-7(12)10(14)9(6)13/h2-5,11,17H,15H2,1H3. The van der Waals surface area contributed by atoms with Crippen molar-refractivity contribution < 1.29 is 13.2 Å². The Morgan fingerprint density at radius 1 is 1.28 bits per heavy atom. The van der Waals surface area contributed by atoms with E-state index in [-0.39, 0.29) is 5.56 Å². The van der Waals surface area contributed by atoms with Crippen LogP contribution in [-0.2, 0) is 7.05 Å². The number of nitrogens with one attached hydrogen (secondary N) is 1. The fourth-order valence-corrected chi connectivity index (χ4v) is 1.68. The highest BCUT2D eigenvalue weighted by atomic mass is 19.2. The van der Waals surface area contributed by atoms with Gasteiger partial charge in [0.1, 0.15) is 0 Å². The monoisotopic (exact) mass is 256 g/mol. The minimum Gasteiger partial charge on any atom is -0.340 e. The summed E-state index contributed by atoms with van der Waals surface area (Å²) in [7, 11) is 1.73.